The van der Waals surface area contributed by atoms with Gasteiger partial charge < -0.3 is 4.90 Å². The summed E-state index contributed by atoms with van der Waals surface area (Å²) in [7, 11) is 0. The molecule has 2 aromatic carbocycles. The van der Waals surface area contributed by atoms with Crippen LogP contribution in [-0.2, 0) is 12.6 Å². The van der Waals surface area contributed by atoms with Crippen LogP contribution in [0.2, 0.25) is 0 Å². The second kappa shape index (κ2) is 9.38. The molecule has 0 atom stereocenters. The van der Waals surface area contributed by atoms with Gasteiger partial charge in [0, 0.05) is 18.0 Å². The number of piperidine rings is 1. The van der Waals surface area contributed by atoms with Crippen LogP contribution < -0.4 is 0 Å². The van der Waals surface area contributed by atoms with Gasteiger partial charge in [-0.3, -0.25) is 4.79 Å². The second-order valence-electron chi connectivity index (χ2n) is 6.79. The lowest BCUT2D eigenvalue weighted by atomic mass is 9.88. The van der Waals surface area contributed by atoms with Crippen molar-refractivity contribution in [3.05, 3.63) is 71.3 Å². The summed E-state index contributed by atoms with van der Waals surface area (Å²) in [6, 6.07) is 15.0. The Kier molecular flexibility index (Phi) is 7.45. The van der Waals surface area contributed by atoms with E-state index in [1.54, 1.807) is 0 Å². The monoisotopic (exact) mass is 397 g/mol. The third kappa shape index (κ3) is 5.81. The summed E-state index contributed by atoms with van der Waals surface area (Å²) < 4.78 is 38.5. The van der Waals surface area contributed by atoms with Crippen LogP contribution in [0.1, 0.15) is 34.3 Å². The fourth-order valence-corrected chi connectivity index (χ4v) is 3.44. The van der Waals surface area contributed by atoms with E-state index in [-0.39, 0.29) is 29.7 Å². The Balaban J connectivity index is 0.00000261. The number of Topliss-reactive ketones (excluding diaryl/α,β-unsaturated/α-hetero) is 1. The molecular weight excluding hydrogens is 375 g/mol. The first kappa shape index (κ1) is 21.5. The zero-order valence-corrected chi connectivity index (χ0v) is 15.7. The van der Waals surface area contributed by atoms with E-state index in [1.165, 1.54) is 17.7 Å². The summed E-state index contributed by atoms with van der Waals surface area (Å²) in [5.74, 6) is -0.356. The molecular formula is C21H23ClF3NO. The van der Waals surface area contributed by atoms with Gasteiger partial charge in [0.1, 0.15) is 0 Å². The minimum atomic E-state index is -4.42. The van der Waals surface area contributed by atoms with Crippen molar-refractivity contribution in [1.29, 1.82) is 0 Å². The topological polar surface area (TPSA) is 20.3 Å². The molecule has 0 amide bonds. The maximum atomic E-state index is 12.8. The van der Waals surface area contributed by atoms with E-state index in [1.807, 2.05) is 18.2 Å². The molecule has 1 fully saturated rings. The number of halogens is 4. The van der Waals surface area contributed by atoms with Crippen LogP contribution in [-0.4, -0.2) is 30.3 Å². The first-order valence-electron chi connectivity index (χ1n) is 8.91. The molecule has 1 aliphatic heterocycles. The van der Waals surface area contributed by atoms with Crippen LogP contribution in [0.25, 0.3) is 0 Å². The fourth-order valence-electron chi connectivity index (χ4n) is 3.44. The molecule has 0 bridgehead atoms. The normalized spacial score (nSPS) is 16.0. The molecule has 6 heteroatoms. The highest BCUT2D eigenvalue weighted by molar-refractivity contribution is 5.98. The van der Waals surface area contributed by atoms with Gasteiger partial charge in [-0.2, -0.15) is 13.2 Å². The molecule has 146 valence electrons. The first-order valence-corrected chi connectivity index (χ1v) is 8.91. The average molecular weight is 398 g/mol. The second-order valence-corrected chi connectivity index (χ2v) is 6.79. The average Bonchev–Trinajstić information content (AvgIpc) is 2.66. The number of carbonyl (C=O) groups excluding carboxylic acids is 1. The summed E-state index contributed by atoms with van der Waals surface area (Å²) >= 11 is 0. The summed E-state index contributed by atoms with van der Waals surface area (Å²) in [5, 5.41) is 0. The third-order valence-electron chi connectivity index (χ3n) is 4.99. The Bertz CT molecular complexity index is 741. The van der Waals surface area contributed by atoms with Crippen LogP contribution in [0.5, 0.6) is 0 Å². The predicted octanol–water partition coefficient (Wildman–Crippen LogP) is 5.26. The Morgan fingerprint density at radius 3 is 2.30 bits per heavy atom. The van der Waals surface area contributed by atoms with Crippen LogP contribution >= 0.6 is 12.4 Å². The Morgan fingerprint density at radius 2 is 1.67 bits per heavy atom. The van der Waals surface area contributed by atoms with Gasteiger partial charge in [0.05, 0.1) is 5.56 Å². The molecule has 0 saturated carbocycles. The summed E-state index contributed by atoms with van der Waals surface area (Å²) in [6.45, 7) is 2.55. The van der Waals surface area contributed by atoms with Crippen molar-refractivity contribution in [2.75, 3.05) is 19.6 Å². The van der Waals surface area contributed by atoms with E-state index in [2.05, 4.69) is 17.0 Å². The smallest absolute Gasteiger partial charge is 0.303 e. The number of likely N-dealkylation sites (tertiary alicyclic amines) is 1. The fraction of sp³-hybridized carbons (Fsp3) is 0.381. The van der Waals surface area contributed by atoms with Gasteiger partial charge in [-0.25, -0.2) is 0 Å². The van der Waals surface area contributed by atoms with Gasteiger partial charge >= 0.3 is 6.18 Å². The lowest BCUT2D eigenvalue weighted by molar-refractivity contribution is -0.137. The highest BCUT2D eigenvalue weighted by Crippen LogP contribution is 2.31. The predicted molar refractivity (Wildman–Crippen MR) is 102 cm³/mol. The standard InChI is InChI=1S/C21H22F3NO.ClH/c22-21(23,24)19-8-4-7-18(15-19)20(26)17-10-13-25(14-11-17)12-9-16-5-2-1-3-6-16;/h1-8,15,17H,9-14H2;1H. The molecule has 3 rings (SSSR count). The summed E-state index contributed by atoms with van der Waals surface area (Å²) in [4.78, 5) is 14.9. The van der Waals surface area contributed by atoms with Crippen molar-refractivity contribution in [3.8, 4) is 0 Å². The Morgan fingerprint density at radius 1 is 1.00 bits per heavy atom. The number of alkyl halides is 3. The molecule has 1 saturated heterocycles. The molecule has 0 radical (unpaired) electrons. The van der Waals surface area contributed by atoms with Crippen LogP contribution in [0.15, 0.2) is 54.6 Å². The van der Waals surface area contributed by atoms with Crippen molar-refractivity contribution in [3.63, 3.8) is 0 Å². The highest BCUT2D eigenvalue weighted by Gasteiger charge is 2.32. The van der Waals surface area contributed by atoms with Crippen LogP contribution in [0, 0.1) is 5.92 Å². The number of rotatable bonds is 5. The van der Waals surface area contributed by atoms with Crippen LogP contribution in [0.3, 0.4) is 0 Å². The van der Waals surface area contributed by atoms with Gasteiger partial charge in [-0.1, -0.05) is 42.5 Å². The highest BCUT2D eigenvalue weighted by atomic mass is 35.5. The van der Waals surface area contributed by atoms with Gasteiger partial charge in [0.2, 0.25) is 0 Å². The molecule has 2 aromatic rings. The first-order chi connectivity index (χ1) is 12.4. The molecule has 0 aliphatic carbocycles. The molecule has 27 heavy (non-hydrogen) atoms. The Hall–Kier alpha value is -1.85. The van der Waals surface area contributed by atoms with Gasteiger partial charge in [-0.05, 0) is 50.0 Å². The van der Waals surface area contributed by atoms with Crippen molar-refractivity contribution in [2.45, 2.75) is 25.4 Å². The van der Waals surface area contributed by atoms with Crippen LogP contribution in [0.4, 0.5) is 13.2 Å². The minimum absolute atomic E-state index is 0. The van der Waals surface area contributed by atoms with E-state index in [9.17, 15) is 18.0 Å². The molecule has 1 heterocycles. The van der Waals surface area contributed by atoms with Gasteiger partial charge in [-0.15, -0.1) is 12.4 Å². The number of hydrogen-bond donors (Lipinski definition) is 0. The third-order valence-corrected chi connectivity index (χ3v) is 4.99. The number of carbonyl (C=O) groups is 1. The van der Waals surface area contributed by atoms with E-state index < -0.39 is 11.7 Å². The summed E-state index contributed by atoms with van der Waals surface area (Å²) in [6.07, 6.45) is -2.06. The largest absolute Gasteiger partial charge is 0.416 e. The molecule has 1 aliphatic rings. The van der Waals surface area contributed by atoms with Gasteiger partial charge in [0.15, 0.2) is 5.78 Å². The SMILES string of the molecule is Cl.O=C(c1cccc(C(F)(F)F)c1)C1CCN(CCc2ccccc2)CC1. The van der Waals surface area contributed by atoms with Crippen molar-refractivity contribution < 1.29 is 18.0 Å². The van der Waals surface area contributed by atoms with E-state index in [0.29, 0.717) is 12.8 Å². The quantitative estimate of drug-likeness (QED) is 0.641. The number of benzene rings is 2. The number of hydrogen-bond acceptors (Lipinski definition) is 2. The van der Waals surface area contributed by atoms with E-state index >= 15 is 0 Å². The zero-order valence-electron chi connectivity index (χ0n) is 14.9. The minimum Gasteiger partial charge on any atom is -0.303 e. The number of ketones is 1. The molecule has 0 N–H and O–H groups in total. The molecule has 0 unspecified atom stereocenters. The van der Waals surface area contributed by atoms with E-state index in [0.717, 1.165) is 38.2 Å². The maximum absolute atomic E-state index is 12.8. The van der Waals surface area contributed by atoms with Crippen molar-refractivity contribution in [2.24, 2.45) is 5.92 Å². The number of nitrogens with zero attached hydrogens (tertiary/aromatic N) is 1. The Labute approximate surface area is 163 Å². The molecule has 2 nitrogen and oxygen atoms in total. The lowest BCUT2D eigenvalue weighted by Gasteiger charge is -2.31. The van der Waals surface area contributed by atoms with E-state index in [4.69, 9.17) is 0 Å². The summed E-state index contributed by atoms with van der Waals surface area (Å²) in [5.41, 5.74) is 0.695. The molecule has 0 aromatic heterocycles. The van der Waals surface area contributed by atoms with Crippen molar-refractivity contribution >= 4 is 18.2 Å². The maximum Gasteiger partial charge on any atom is 0.416 e. The lowest BCUT2D eigenvalue weighted by Crippen LogP contribution is -2.37. The zero-order chi connectivity index (χ0) is 18.6. The van der Waals surface area contributed by atoms with Crippen molar-refractivity contribution in [1.82, 2.24) is 4.90 Å². The van der Waals surface area contributed by atoms with Gasteiger partial charge in [0.25, 0.3) is 0 Å². The molecule has 0 spiro atoms.